The third kappa shape index (κ3) is 4.95. The fourth-order valence-corrected chi connectivity index (χ4v) is 4.41. The van der Waals surface area contributed by atoms with Crippen LogP contribution in [0.5, 0.6) is 5.75 Å². The van der Waals surface area contributed by atoms with Crippen molar-refractivity contribution in [2.75, 3.05) is 23.5 Å². The molecule has 2 fully saturated rings. The Hall–Kier alpha value is -3.60. The van der Waals surface area contributed by atoms with Gasteiger partial charge in [0, 0.05) is 17.6 Å². The second kappa shape index (κ2) is 9.57. The van der Waals surface area contributed by atoms with E-state index in [1.807, 2.05) is 37.1 Å². The molecule has 3 atom stereocenters. The molecular weight excluding hydrogens is 470 g/mol. The zero-order chi connectivity index (χ0) is 24.5. The summed E-state index contributed by atoms with van der Waals surface area (Å²) >= 11 is 5.88. The lowest BCUT2D eigenvalue weighted by molar-refractivity contribution is -0.129. The Labute approximate surface area is 207 Å². The first-order valence-corrected chi connectivity index (χ1v) is 11.7. The van der Waals surface area contributed by atoms with Gasteiger partial charge in [0.2, 0.25) is 5.91 Å². The maximum absolute atomic E-state index is 13.0. The largest absolute Gasteiger partial charge is 0.484 e. The van der Waals surface area contributed by atoms with E-state index >= 15 is 0 Å². The van der Waals surface area contributed by atoms with Crippen LogP contribution in [-0.4, -0.2) is 40.9 Å². The molecule has 3 unspecified atom stereocenters. The van der Waals surface area contributed by atoms with Crippen molar-refractivity contribution in [3.05, 3.63) is 70.9 Å². The van der Waals surface area contributed by atoms with Gasteiger partial charge in [-0.15, -0.1) is 0 Å². The van der Waals surface area contributed by atoms with Gasteiger partial charge in [-0.1, -0.05) is 23.7 Å². The molecule has 0 aliphatic carbocycles. The molecule has 182 valence electrons. The molecule has 0 radical (unpaired) electrons. The Balaban J connectivity index is 1.30. The summed E-state index contributed by atoms with van der Waals surface area (Å²) in [5, 5.41) is 16.3. The second-order valence-corrected chi connectivity index (χ2v) is 9.04. The SMILES string of the molecule is Cc1cccc(N2NCC3C(=O)NC(n4nc(C)cc4NC(=O)COc4ccc(Cl)cc4)NC32)c1. The van der Waals surface area contributed by atoms with Crippen LogP contribution in [0.2, 0.25) is 5.02 Å². The lowest BCUT2D eigenvalue weighted by Gasteiger charge is -2.37. The Morgan fingerprint density at radius 3 is 2.77 bits per heavy atom. The van der Waals surface area contributed by atoms with E-state index in [2.05, 4.69) is 32.5 Å². The van der Waals surface area contributed by atoms with Crippen molar-refractivity contribution < 1.29 is 14.3 Å². The highest BCUT2D eigenvalue weighted by molar-refractivity contribution is 6.30. The van der Waals surface area contributed by atoms with Crippen LogP contribution in [0.25, 0.3) is 0 Å². The first-order valence-electron chi connectivity index (χ1n) is 11.3. The Morgan fingerprint density at radius 2 is 2.00 bits per heavy atom. The van der Waals surface area contributed by atoms with Gasteiger partial charge in [0.15, 0.2) is 12.9 Å². The normalized spacial score (nSPS) is 21.4. The van der Waals surface area contributed by atoms with E-state index in [-0.39, 0.29) is 30.5 Å². The number of carbonyl (C=O) groups is 2. The minimum atomic E-state index is -0.655. The summed E-state index contributed by atoms with van der Waals surface area (Å²) in [7, 11) is 0. The minimum Gasteiger partial charge on any atom is -0.484 e. The second-order valence-electron chi connectivity index (χ2n) is 8.61. The number of hydrogen-bond acceptors (Lipinski definition) is 7. The van der Waals surface area contributed by atoms with Gasteiger partial charge in [-0.3, -0.25) is 19.9 Å². The summed E-state index contributed by atoms with van der Waals surface area (Å²) < 4.78 is 7.10. The number of rotatable bonds is 6. The van der Waals surface area contributed by atoms with Crippen LogP contribution < -0.4 is 31.1 Å². The number of ether oxygens (including phenoxy) is 1. The predicted molar refractivity (Wildman–Crippen MR) is 132 cm³/mol. The predicted octanol–water partition coefficient (Wildman–Crippen LogP) is 2.31. The van der Waals surface area contributed by atoms with Gasteiger partial charge in [0.05, 0.1) is 17.3 Å². The zero-order valence-corrected chi connectivity index (χ0v) is 20.0. The molecule has 3 aromatic rings. The monoisotopic (exact) mass is 495 g/mol. The molecule has 2 aliphatic heterocycles. The summed E-state index contributed by atoms with van der Waals surface area (Å²) in [6, 6.07) is 16.6. The number of fused-ring (bicyclic) bond motifs is 1. The lowest BCUT2D eigenvalue weighted by atomic mass is 10.0. The van der Waals surface area contributed by atoms with Gasteiger partial charge < -0.3 is 15.4 Å². The van der Waals surface area contributed by atoms with E-state index < -0.39 is 6.29 Å². The molecule has 10 nitrogen and oxygen atoms in total. The van der Waals surface area contributed by atoms with E-state index in [1.54, 1.807) is 35.0 Å². The summed E-state index contributed by atoms with van der Waals surface area (Å²) in [4.78, 5) is 25.5. The third-order valence-electron chi connectivity index (χ3n) is 5.92. The van der Waals surface area contributed by atoms with Crippen molar-refractivity contribution in [2.45, 2.75) is 26.3 Å². The molecule has 2 saturated heterocycles. The van der Waals surface area contributed by atoms with Crippen molar-refractivity contribution >= 4 is 34.9 Å². The molecule has 0 bridgehead atoms. The van der Waals surface area contributed by atoms with Crippen molar-refractivity contribution in [3.63, 3.8) is 0 Å². The minimum absolute atomic E-state index is 0.0992. The Kier molecular flexibility index (Phi) is 6.33. The lowest BCUT2D eigenvalue weighted by Crippen LogP contribution is -2.61. The number of carbonyl (C=O) groups excluding carboxylic acids is 2. The van der Waals surface area contributed by atoms with Crippen molar-refractivity contribution in [1.82, 2.24) is 25.8 Å². The average Bonchev–Trinajstić information content (AvgIpc) is 3.42. The molecule has 4 N–H and O–H groups in total. The van der Waals surface area contributed by atoms with Crippen molar-refractivity contribution in [2.24, 2.45) is 5.92 Å². The molecule has 5 rings (SSSR count). The molecule has 0 saturated carbocycles. The summed E-state index contributed by atoms with van der Waals surface area (Å²) in [6.07, 6.45) is -0.950. The average molecular weight is 496 g/mol. The van der Waals surface area contributed by atoms with Gasteiger partial charge in [0.1, 0.15) is 17.7 Å². The van der Waals surface area contributed by atoms with Gasteiger partial charge in [0.25, 0.3) is 5.91 Å². The van der Waals surface area contributed by atoms with Crippen molar-refractivity contribution in [1.29, 1.82) is 0 Å². The Morgan fingerprint density at radius 1 is 1.20 bits per heavy atom. The number of hydrogen-bond donors (Lipinski definition) is 4. The molecule has 2 aromatic carbocycles. The van der Waals surface area contributed by atoms with Crippen LogP contribution in [0.15, 0.2) is 54.6 Å². The number of anilines is 2. The maximum Gasteiger partial charge on any atom is 0.263 e. The fraction of sp³-hybridized carbons (Fsp3) is 0.292. The zero-order valence-electron chi connectivity index (χ0n) is 19.3. The summed E-state index contributed by atoms with van der Waals surface area (Å²) in [6.45, 7) is 4.17. The van der Waals surface area contributed by atoms with E-state index in [0.717, 1.165) is 11.3 Å². The van der Waals surface area contributed by atoms with Crippen LogP contribution in [0.1, 0.15) is 17.5 Å². The molecule has 3 heterocycles. The van der Waals surface area contributed by atoms with E-state index in [0.29, 0.717) is 28.8 Å². The number of benzene rings is 2. The molecule has 2 amide bonds. The molecule has 1 aromatic heterocycles. The maximum atomic E-state index is 13.0. The number of amides is 2. The third-order valence-corrected chi connectivity index (χ3v) is 6.17. The van der Waals surface area contributed by atoms with Crippen LogP contribution in [-0.2, 0) is 9.59 Å². The molecule has 0 spiro atoms. The van der Waals surface area contributed by atoms with Gasteiger partial charge in [-0.2, -0.15) is 5.10 Å². The molecule has 35 heavy (non-hydrogen) atoms. The standard InChI is InChI=1S/C24H26ClN7O3/c1-14-4-3-5-17(10-14)31-22-19(12-26-31)23(34)29-24(28-22)32-20(11-15(2)30-32)27-21(33)13-35-18-8-6-16(25)7-9-18/h3-11,19,22,24,26,28H,12-13H2,1-2H3,(H,27,33)(H,29,34). The fourth-order valence-electron chi connectivity index (χ4n) is 4.29. The number of nitrogens with one attached hydrogen (secondary N) is 4. The van der Waals surface area contributed by atoms with E-state index in [4.69, 9.17) is 16.3 Å². The van der Waals surface area contributed by atoms with Gasteiger partial charge in [-0.05, 0) is 55.8 Å². The quantitative estimate of drug-likeness (QED) is 0.415. The number of aromatic nitrogens is 2. The summed E-state index contributed by atoms with van der Waals surface area (Å²) in [5.41, 5.74) is 6.09. The molecule has 2 aliphatic rings. The van der Waals surface area contributed by atoms with Crippen LogP contribution in [0, 0.1) is 19.8 Å². The van der Waals surface area contributed by atoms with Crippen LogP contribution in [0.3, 0.4) is 0 Å². The first kappa shape index (κ1) is 23.2. The van der Waals surface area contributed by atoms with Crippen LogP contribution in [0.4, 0.5) is 11.5 Å². The van der Waals surface area contributed by atoms with Crippen LogP contribution >= 0.6 is 11.6 Å². The summed E-state index contributed by atoms with van der Waals surface area (Å²) in [5.74, 6) is 0.236. The highest BCUT2D eigenvalue weighted by Crippen LogP contribution is 2.28. The highest BCUT2D eigenvalue weighted by Gasteiger charge is 2.45. The van der Waals surface area contributed by atoms with E-state index in [1.165, 1.54) is 0 Å². The van der Waals surface area contributed by atoms with Crippen molar-refractivity contribution in [3.8, 4) is 5.75 Å². The number of nitrogens with zero attached hydrogens (tertiary/aromatic N) is 3. The van der Waals surface area contributed by atoms with Gasteiger partial charge >= 0.3 is 0 Å². The number of halogens is 1. The molecule has 11 heteroatoms. The topological polar surface area (TPSA) is 113 Å². The smallest absolute Gasteiger partial charge is 0.263 e. The molecular formula is C24H26ClN7O3. The van der Waals surface area contributed by atoms with Gasteiger partial charge in [-0.25, -0.2) is 10.1 Å². The number of aryl methyl sites for hydroxylation is 2. The highest BCUT2D eigenvalue weighted by atomic mass is 35.5. The Bertz CT molecular complexity index is 1250. The first-order chi connectivity index (χ1) is 16.9. The van der Waals surface area contributed by atoms with E-state index in [9.17, 15) is 9.59 Å². The number of hydrazine groups is 1.